The molecule has 3 aromatic carbocycles. The number of fused-ring (bicyclic) bond motifs is 1. The molecule has 0 saturated heterocycles. The first-order valence-corrected chi connectivity index (χ1v) is 7.42. The maximum Gasteiger partial charge on any atom is 0.131 e. The summed E-state index contributed by atoms with van der Waals surface area (Å²) >= 11 is 0. The van der Waals surface area contributed by atoms with Gasteiger partial charge in [0.1, 0.15) is 11.6 Å². The number of rotatable bonds is 4. The van der Waals surface area contributed by atoms with Crippen molar-refractivity contribution >= 4 is 10.8 Å². The molecule has 23 heavy (non-hydrogen) atoms. The van der Waals surface area contributed by atoms with Crippen LogP contribution in [0.25, 0.3) is 10.8 Å². The van der Waals surface area contributed by atoms with Gasteiger partial charge in [0.15, 0.2) is 0 Å². The Labute approximate surface area is 133 Å². The molecule has 0 bridgehead atoms. The molecule has 0 aliphatic heterocycles. The fourth-order valence-corrected chi connectivity index (χ4v) is 2.84. The van der Waals surface area contributed by atoms with Gasteiger partial charge in [-0.3, -0.25) is 0 Å². The second-order valence-electron chi connectivity index (χ2n) is 5.56. The van der Waals surface area contributed by atoms with Crippen LogP contribution in [0.1, 0.15) is 23.1 Å². The van der Waals surface area contributed by atoms with E-state index in [-0.39, 0.29) is 12.1 Å². The van der Waals surface area contributed by atoms with Crippen molar-refractivity contribution in [2.24, 2.45) is 5.73 Å². The highest BCUT2D eigenvalue weighted by Gasteiger charge is 2.24. The standard InChI is InChI=1S/C19H17F2NO/c20-15-7-8-16(18(21)10-15)19(23)17(11-22)14-6-5-12-3-1-2-4-13(12)9-14/h1-10,17,19,23H,11,22H2/t17-,19+/m1/s1. The molecular formula is C19H17F2NO. The molecule has 0 aliphatic carbocycles. The Hall–Kier alpha value is -2.30. The molecule has 0 saturated carbocycles. The van der Waals surface area contributed by atoms with E-state index in [4.69, 9.17) is 5.73 Å². The molecule has 2 nitrogen and oxygen atoms in total. The van der Waals surface area contributed by atoms with Crippen molar-refractivity contribution in [1.29, 1.82) is 0 Å². The second kappa shape index (κ2) is 6.44. The lowest BCUT2D eigenvalue weighted by atomic mass is 9.88. The molecule has 4 heteroatoms. The highest BCUT2D eigenvalue weighted by atomic mass is 19.1. The maximum absolute atomic E-state index is 13.9. The second-order valence-corrected chi connectivity index (χ2v) is 5.56. The molecule has 0 fully saturated rings. The Morgan fingerprint density at radius 1 is 0.913 bits per heavy atom. The summed E-state index contributed by atoms with van der Waals surface area (Å²) in [6.07, 6.45) is -1.14. The van der Waals surface area contributed by atoms with E-state index in [9.17, 15) is 13.9 Å². The molecule has 0 amide bonds. The predicted octanol–water partition coefficient (Wildman–Crippen LogP) is 3.89. The number of aliphatic hydroxyl groups is 1. The fraction of sp³-hybridized carbons (Fsp3) is 0.158. The van der Waals surface area contributed by atoms with Crippen LogP contribution in [0.3, 0.4) is 0 Å². The average molecular weight is 313 g/mol. The van der Waals surface area contributed by atoms with Crippen LogP contribution in [-0.4, -0.2) is 11.7 Å². The fourth-order valence-electron chi connectivity index (χ4n) is 2.84. The predicted molar refractivity (Wildman–Crippen MR) is 87.1 cm³/mol. The van der Waals surface area contributed by atoms with Crippen molar-refractivity contribution in [2.75, 3.05) is 6.54 Å². The Bertz CT molecular complexity index is 834. The third-order valence-electron chi connectivity index (χ3n) is 4.12. The third-order valence-corrected chi connectivity index (χ3v) is 4.12. The first-order valence-electron chi connectivity index (χ1n) is 7.42. The first-order chi connectivity index (χ1) is 11.1. The molecule has 2 atom stereocenters. The highest BCUT2D eigenvalue weighted by Crippen LogP contribution is 2.33. The van der Waals surface area contributed by atoms with Crippen LogP contribution in [0, 0.1) is 11.6 Å². The summed E-state index contributed by atoms with van der Waals surface area (Å²) in [7, 11) is 0. The van der Waals surface area contributed by atoms with E-state index in [1.54, 1.807) is 0 Å². The zero-order chi connectivity index (χ0) is 16.4. The zero-order valence-corrected chi connectivity index (χ0v) is 12.4. The van der Waals surface area contributed by atoms with E-state index in [1.807, 2.05) is 42.5 Å². The van der Waals surface area contributed by atoms with Crippen molar-refractivity contribution in [3.05, 3.63) is 83.4 Å². The first kappa shape index (κ1) is 15.6. The van der Waals surface area contributed by atoms with Gasteiger partial charge in [0.2, 0.25) is 0 Å². The topological polar surface area (TPSA) is 46.2 Å². The smallest absolute Gasteiger partial charge is 0.131 e. The van der Waals surface area contributed by atoms with Gasteiger partial charge in [-0.15, -0.1) is 0 Å². The molecule has 0 spiro atoms. The summed E-state index contributed by atoms with van der Waals surface area (Å²) in [6.45, 7) is 0.149. The minimum Gasteiger partial charge on any atom is -0.388 e. The van der Waals surface area contributed by atoms with Gasteiger partial charge in [-0.2, -0.15) is 0 Å². The number of hydrogen-bond acceptors (Lipinski definition) is 2. The van der Waals surface area contributed by atoms with E-state index < -0.39 is 23.7 Å². The Morgan fingerprint density at radius 2 is 1.65 bits per heavy atom. The molecule has 3 aromatic rings. The molecule has 0 aliphatic rings. The summed E-state index contributed by atoms with van der Waals surface area (Å²) in [4.78, 5) is 0. The van der Waals surface area contributed by atoms with Gasteiger partial charge in [-0.1, -0.05) is 48.5 Å². The lowest BCUT2D eigenvalue weighted by Gasteiger charge is -2.23. The van der Waals surface area contributed by atoms with Crippen LogP contribution in [0.15, 0.2) is 60.7 Å². The van der Waals surface area contributed by atoms with Crippen molar-refractivity contribution in [3.63, 3.8) is 0 Å². The number of benzene rings is 3. The van der Waals surface area contributed by atoms with Gasteiger partial charge in [0.25, 0.3) is 0 Å². The van der Waals surface area contributed by atoms with Gasteiger partial charge in [0.05, 0.1) is 6.10 Å². The van der Waals surface area contributed by atoms with Crippen LogP contribution in [0.4, 0.5) is 8.78 Å². The molecule has 0 unspecified atom stereocenters. The molecule has 0 aromatic heterocycles. The van der Waals surface area contributed by atoms with Gasteiger partial charge < -0.3 is 10.8 Å². The summed E-state index contributed by atoms with van der Waals surface area (Å²) in [5.74, 6) is -1.91. The van der Waals surface area contributed by atoms with Gasteiger partial charge in [-0.25, -0.2) is 8.78 Å². The third kappa shape index (κ3) is 3.09. The molecule has 3 rings (SSSR count). The van der Waals surface area contributed by atoms with Crippen LogP contribution in [-0.2, 0) is 0 Å². The molecule has 3 N–H and O–H groups in total. The molecule has 0 radical (unpaired) electrons. The van der Waals surface area contributed by atoms with E-state index in [2.05, 4.69) is 0 Å². The minimum absolute atomic E-state index is 0.0509. The quantitative estimate of drug-likeness (QED) is 0.767. The number of nitrogens with two attached hydrogens (primary N) is 1. The monoisotopic (exact) mass is 313 g/mol. The van der Waals surface area contributed by atoms with E-state index in [1.165, 1.54) is 6.07 Å². The Balaban J connectivity index is 1.99. The lowest BCUT2D eigenvalue weighted by Crippen LogP contribution is -2.21. The van der Waals surface area contributed by atoms with Crippen molar-refractivity contribution in [2.45, 2.75) is 12.0 Å². The Kier molecular flexibility index (Phi) is 4.37. The largest absolute Gasteiger partial charge is 0.388 e. The van der Waals surface area contributed by atoms with E-state index in [0.29, 0.717) is 0 Å². The van der Waals surface area contributed by atoms with E-state index >= 15 is 0 Å². The van der Waals surface area contributed by atoms with Crippen LogP contribution >= 0.6 is 0 Å². The summed E-state index contributed by atoms with van der Waals surface area (Å²) in [5, 5.41) is 12.6. The number of halogens is 2. The van der Waals surface area contributed by atoms with Crippen LogP contribution < -0.4 is 5.73 Å². The SMILES string of the molecule is NC[C@H](c1ccc2ccccc2c1)[C@@H](O)c1ccc(F)cc1F. The normalized spacial score (nSPS) is 13.9. The molecule has 0 heterocycles. The minimum atomic E-state index is -1.14. The number of hydrogen-bond donors (Lipinski definition) is 2. The zero-order valence-electron chi connectivity index (χ0n) is 12.4. The van der Waals surface area contributed by atoms with Gasteiger partial charge >= 0.3 is 0 Å². The van der Waals surface area contributed by atoms with Crippen LogP contribution in [0.2, 0.25) is 0 Å². The highest BCUT2D eigenvalue weighted by molar-refractivity contribution is 5.83. The molecule has 118 valence electrons. The van der Waals surface area contributed by atoms with Crippen LogP contribution in [0.5, 0.6) is 0 Å². The summed E-state index contributed by atoms with van der Waals surface area (Å²) in [5.41, 5.74) is 6.68. The maximum atomic E-state index is 13.9. The van der Waals surface area contributed by atoms with Crippen molar-refractivity contribution in [3.8, 4) is 0 Å². The van der Waals surface area contributed by atoms with Gasteiger partial charge in [0, 0.05) is 24.1 Å². The van der Waals surface area contributed by atoms with E-state index in [0.717, 1.165) is 28.5 Å². The summed E-state index contributed by atoms with van der Waals surface area (Å²) < 4.78 is 27.0. The van der Waals surface area contributed by atoms with Crippen molar-refractivity contribution in [1.82, 2.24) is 0 Å². The average Bonchev–Trinajstić information content (AvgIpc) is 2.55. The molecular weight excluding hydrogens is 296 g/mol. The van der Waals surface area contributed by atoms with Crippen molar-refractivity contribution < 1.29 is 13.9 Å². The lowest BCUT2D eigenvalue weighted by molar-refractivity contribution is 0.143. The van der Waals surface area contributed by atoms with Gasteiger partial charge in [-0.05, 0) is 22.4 Å². The Morgan fingerprint density at radius 3 is 2.35 bits per heavy atom. The summed E-state index contributed by atoms with van der Waals surface area (Å²) in [6, 6.07) is 16.8. The number of aliphatic hydroxyl groups excluding tert-OH is 1.